The lowest BCUT2D eigenvalue weighted by molar-refractivity contribution is 0.567. The molecule has 0 N–H and O–H groups in total. The van der Waals surface area contributed by atoms with Gasteiger partial charge in [0.2, 0.25) is 5.95 Å². The molecule has 0 saturated carbocycles. The van der Waals surface area contributed by atoms with E-state index in [0.29, 0.717) is 22.8 Å². The van der Waals surface area contributed by atoms with E-state index in [4.69, 9.17) is 0 Å². The van der Waals surface area contributed by atoms with Gasteiger partial charge in [-0.1, -0.05) is 18.2 Å². The Bertz CT molecular complexity index is 1180. The third-order valence-electron chi connectivity index (χ3n) is 4.64. The summed E-state index contributed by atoms with van der Waals surface area (Å²) in [7, 11) is -3.34. The number of aliphatic imine (C=N–C) groups is 1. The predicted octanol–water partition coefficient (Wildman–Crippen LogP) is 3.71. The fourth-order valence-corrected chi connectivity index (χ4v) is 4.07. The first-order valence-corrected chi connectivity index (χ1v) is 10.3. The Hall–Kier alpha value is -3.00. The van der Waals surface area contributed by atoms with Crippen LogP contribution in [0.5, 0.6) is 0 Å². The molecular formula is C20H17FN4O2S. The number of pyridine rings is 1. The second-order valence-corrected chi connectivity index (χ2v) is 9.23. The monoisotopic (exact) mass is 396 g/mol. The molecule has 0 aliphatic carbocycles. The van der Waals surface area contributed by atoms with Gasteiger partial charge in [0, 0.05) is 23.5 Å². The Balaban J connectivity index is 1.71. The first-order valence-electron chi connectivity index (χ1n) is 8.74. The van der Waals surface area contributed by atoms with Crippen LogP contribution in [-0.4, -0.2) is 34.8 Å². The van der Waals surface area contributed by atoms with Crippen molar-refractivity contribution >= 4 is 21.9 Å². The zero-order valence-electron chi connectivity index (χ0n) is 15.2. The predicted molar refractivity (Wildman–Crippen MR) is 104 cm³/mol. The van der Waals surface area contributed by atoms with E-state index < -0.39 is 27.0 Å². The van der Waals surface area contributed by atoms with Gasteiger partial charge in [0.05, 0.1) is 33.6 Å². The summed E-state index contributed by atoms with van der Waals surface area (Å²) in [6.07, 6.45) is 4.57. The van der Waals surface area contributed by atoms with Crippen molar-refractivity contribution in [3.63, 3.8) is 0 Å². The van der Waals surface area contributed by atoms with Crippen LogP contribution in [0, 0.1) is 5.95 Å². The van der Waals surface area contributed by atoms with Crippen molar-refractivity contribution < 1.29 is 12.8 Å². The number of halogens is 1. The van der Waals surface area contributed by atoms with E-state index in [0.717, 1.165) is 5.56 Å². The summed E-state index contributed by atoms with van der Waals surface area (Å²) < 4.78 is 38.7. The molecule has 0 fully saturated rings. The number of benzene rings is 1. The van der Waals surface area contributed by atoms with Crippen molar-refractivity contribution in [2.75, 3.05) is 0 Å². The lowest BCUT2D eigenvalue weighted by Gasteiger charge is -2.11. The maximum Gasteiger partial charge on any atom is 0.217 e. The second kappa shape index (κ2) is 6.87. The molecule has 0 radical (unpaired) electrons. The average Bonchev–Trinajstić information content (AvgIpc) is 3.11. The highest BCUT2D eigenvalue weighted by atomic mass is 32.2. The summed E-state index contributed by atoms with van der Waals surface area (Å²) in [6, 6.07) is 9.83. The van der Waals surface area contributed by atoms with Gasteiger partial charge in [0.1, 0.15) is 0 Å². The Morgan fingerprint density at radius 1 is 1.07 bits per heavy atom. The van der Waals surface area contributed by atoms with Gasteiger partial charge in [0.25, 0.3) is 0 Å². The number of hydrogen-bond acceptors (Lipinski definition) is 6. The van der Waals surface area contributed by atoms with Crippen LogP contribution in [0.1, 0.15) is 31.0 Å². The van der Waals surface area contributed by atoms with Crippen molar-refractivity contribution in [3.05, 3.63) is 66.0 Å². The first kappa shape index (κ1) is 18.4. The van der Waals surface area contributed by atoms with Gasteiger partial charge in [-0.25, -0.2) is 28.4 Å². The highest BCUT2D eigenvalue weighted by Gasteiger charge is 2.27. The molecule has 6 nitrogen and oxygen atoms in total. The van der Waals surface area contributed by atoms with Gasteiger partial charge >= 0.3 is 0 Å². The zero-order chi connectivity index (χ0) is 19.9. The van der Waals surface area contributed by atoms with Crippen LogP contribution in [0.2, 0.25) is 0 Å². The first-order chi connectivity index (χ1) is 13.4. The zero-order valence-corrected chi connectivity index (χ0v) is 16.1. The molecule has 1 atom stereocenters. The molecule has 0 spiro atoms. The minimum Gasteiger partial charge on any atom is -0.246 e. The summed E-state index contributed by atoms with van der Waals surface area (Å²) in [5.41, 5.74) is 2.21. The molecule has 142 valence electrons. The molecule has 1 unspecified atom stereocenters. The molecule has 8 heteroatoms. The largest absolute Gasteiger partial charge is 0.246 e. The minimum absolute atomic E-state index is 0.263. The number of fused-ring (bicyclic) bond motifs is 1. The van der Waals surface area contributed by atoms with Crippen LogP contribution in [-0.2, 0) is 9.84 Å². The number of sulfone groups is 1. The van der Waals surface area contributed by atoms with Crippen LogP contribution in [0.3, 0.4) is 0 Å². The van der Waals surface area contributed by atoms with Gasteiger partial charge < -0.3 is 0 Å². The van der Waals surface area contributed by atoms with Crippen LogP contribution in [0.4, 0.5) is 10.2 Å². The van der Waals surface area contributed by atoms with Crippen molar-refractivity contribution in [2.24, 2.45) is 4.99 Å². The molecule has 3 aromatic rings. The van der Waals surface area contributed by atoms with Gasteiger partial charge in [-0.05, 0) is 32.0 Å². The third-order valence-corrected chi connectivity index (χ3v) is 6.81. The lowest BCUT2D eigenvalue weighted by atomic mass is 9.99. The van der Waals surface area contributed by atoms with Gasteiger partial charge in [-0.15, -0.1) is 0 Å². The number of aromatic nitrogens is 3. The summed E-state index contributed by atoms with van der Waals surface area (Å²) in [6.45, 7) is 3.29. The van der Waals surface area contributed by atoms with Crippen LogP contribution in [0.25, 0.3) is 11.3 Å². The molecule has 4 rings (SSSR count). The van der Waals surface area contributed by atoms with Crippen molar-refractivity contribution in [1.82, 2.24) is 15.0 Å². The molecule has 0 amide bonds. The van der Waals surface area contributed by atoms with Crippen molar-refractivity contribution in [3.8, 4) is 11.3 Å². The van der Waals surface area contributed by atoms with E-state index in [2.05, 4.69) is 19.9 Å². The molecule has 1 aromatic carbocycles. The van der Waals surface area contributed by atoms with E-state index >= 15 is 0 Å². The Kier molecular flexibility index (Phi) is 4.50. The topological polar surface area (TPSA) is 85.2 Å². The minimum atomic E-state index is -3.34. The third kappa shape index (κ3) is 3.09. The smallest absolute Gasteiger partial charge is 0.217 e. The molecule has 0 bridgehead atoms. The van der Waals surface area contributed by atoms with E-state index in [1.165, 1.54) is 6.20 Å². The Labute approximate surface area is 162 Å². The lowest BCUT2D eigenvalue weighted by Crippen LogP contribution is -2.13. The number of hydrogen-bond donors (Lipinski definition) is 0. The molecule has 0 saturated heterocycles. The van der Waals surface area contributed by atoms with E-state index in [1.807, 2.05) is 0 Å². The quantitative estimate of drug-likeness (QED) is 0.628. The van der Waals surface area contributed by atoms with Gasteiger partial charge in [-0.2, -0.15) is 4.39 Å². The second-order valence-electron chi connectivity index (χ2n) is 6.72. The number of nitrogens with zero attached hydrogens (tertiary/aromatic N) is 4. The highest BCUT2D eigenvalue weighted by molar-refractivity contribution is 7.92. The van der Waals surface area contributed by atoms with E-state index in [-0.39, 0.29) is 4.90 Å². The summed E-state index contributed by atoms with van der Waals surface area (Å²) in [5.74, 6) is -0.588. The van der Waals surface area contributed by atoms with E-state index in [1.54, 1.807) is 62.7 Å². The van der Waals surface area contributed by atoms with Crippen LogP contribution >= 0.6 is 0 Å². The fourth-order valence-electron chi connectivity index (χ4n) is 3.01. The van der Waals surface area contributed by atoms with Crippen LogP contribution in [0.15, 0.2) is 58.7 Å². The summed E-state index contributed by atoms with van der Waals surface area (Å²) in [4.78, 5) is 17.1. The summed E-state index contributed by atoms with van der Waals surface area (Å²) >= 11 is 0. The molecule has 1 aliphatic heterocycles. The van der Waals surface area contributed by atoms with Crippen LogP contribution < -0.4 is 0 Å². The Morgan fingerprint density at radius 3 is 2.50 bits per heavy atom. The highest BCUT2D eigenvalue weighted by Crippen LogP contribution is 2.35. The van der Waals surface area contributed by atoms with Gasteiger partial charge in [-0.3, -0.25) is 0 Å². The standard InChI is InChI=1S/C20H17FN4O2S/c1-12(2)28(26,27)14-7-5-13(6-8-14)17-11-24-20-18(25-17)16(10-23-20)15-4-3-9-22-19(15)21/h3-12,16H,1-2H3. The maximum atomic E-state index is 14.1. The molecule has 28 heavy (non-hydrogen) atoms. The summed E-state index contributed by atoms with van der Waals surface area (Å²) in [5, 5.41) is -0.495. The van der Waals surface area contributed by atoms with E-state index in [9.17, 15) is 12.8 Å². The fraction of sp³-hybridized carbons (Fsp3) is 0.200. The average molecular weight is 396 g/mol. The molecule has 2 aromatic heterocycles. The Morgan fingerprint density at radius 2 is 1.82 bits per heavy atom. The molecule has 3 heterocycles. The van der Waals surface area contributed by atoms with Crippen molar-refractivity contribution in [2.45, 2.75) is 29.9 Å². The SMILES string of the molecule is CC(C)S(=O)(=O)c1ccc(-c2cnc3c(n2)C(c2cccnc2F)C=N3)cc1. The molecule has 1 aliphatic rings. The molecular weight excluding hydrogens is 379 g/mol. The van der Waals surface area contributed by atoms with Crippen molar-refractivity contribution in [1.29, 1.82) is 0 Å². The normalized spacial score (nSPS) is 15.8. The van der Waals surface area contributed by atoms with Gasteiger partial charge in [0.15, 0.2) is 15.7 Å². The number of rotatable bonds is 4. The maximum absolute atomic E-state index is 14.1.